The third kappa shape index (κ3) is 7.61. The Bertz CT molecular complexity index is 1390. The highest BCUT2D eigenvalue weighted by Crippen LogP contribution is 2.33. The van der Waals surface area contributed by atoms with Crippen molar-refractivity contribution >= 4 is 34.7 Å². The fourth-order valence-electron chi connectivity index (χ4n) is 5.53. The molecular weight excluding hydrogens is 538 g/mol. The quantitative estimate of drug-likeness (QED) is 0.230. The number of ether oxygens (including phenoxy) is 1. The van der Waals surface area contributed by atoms with E-state index in [1.54, 1.807) is 13.2 Å². The molecule has 3 amide bonds. The lowest BCUT2D eigenvalue weighted by molar-refractivity contribution is 0.0939. The summed E-state index contributed by atoms with van der Waals surface area (Å²) < 4.78 is 5.58. The minimum atomic E-state index is -0.332. The summed E-state index contributed by atoms with van der Waals surface area (Å²) in [6, 6.07) is 19.5. The minimum absolute atomic E-state index is 0.0321. The standard InChI is InChI=1S/C35H47N5O3/c1-8-25(6)36-34(41)29-22-26(37-35(42)38-33-27(23(2)3)12-11-13-28(33)24(4)5)16-17-30(29)39-18-20-40(21-19-39)31-14-9-10-15-32(31)43-7/h9-17,22-25H,8,18-21H2,1-7H3,(H,36,41)(H2,37,38,42). The molecule has 3 N–H and O–H groups in total. The minimum Gasteiger partial charge on any atom is -0.495 e. The van der Waals surface area contributed by atoms with Gasteiger partial charge in [-0.15, -0.1) is 0 Å². The van der Waals surface area contributed by atoms with Gasteiger partial charge in [-0.05, 0) is 66.6 Å². The second-order valence-electron chi connectivity index (χ2n) is 11.9. The van der Waals surface area contributed by atoms with E-state index in [0.717, 1.165) is 66.5 Å². The van der Waals surface area contributed by atoms with Crippen LogP contribution in [0.5, 0.6) is 5.75 Å². The average Bonchev–Trinajstić information content (AvgIpc) is 3.00. The maximum atomic E-state index is 13.5. The van der Waals surface area contributed by atoms with E-state index in [1.807, 2.05) is 50.2 Å². The van der Waals surface area contributed by atoms with Crippen LogP contribution in [0.2, 0.25) is 0 Å². The number of hydrogen-bond acceptors (Lipinski definition) is 5. The van der Waals surface area contributed by atoms with Gasteiger partial charge in [0.15, 0.2) is 0 Å². The van der Waals surface area contributed by atoms with Crippen LogP contribution in [0, 0.1) is 0 Å². The Kier molecular flexibility index (Phi) is 10.6. The maximum Gasteiger partial charge on any atom is 0.323 e. The number of rotatable bonds is 10. The second kappa shape index (κ2) is 14.3. The van der Waals surface area contributed by atoms with Crippen LogP contribution in [-0.2, 0) is 0 Å². The van der Waals surface area contributed by atoms with Crippen LogP contribution in [0.15, 0.2) is 60.7 Å². The Morgan fingerprint density at radius 2 is 1.40 bits per heavy atom. The van der Waals surface area contributed by atoms with Gasteiger partial charge in [0.25, 0.3) is 5.91 Å². The van der Waals surface area contributed by atoms with Gasteiger partial charge in [0.1, 0.15) is 5.75 Å². The summed E-state index contributed by atoms with van der Waals surface area (Å²) in [7, 11) is 1.69. The van der Waals surface area contributed by atoms with Gasteiger partial charge in [0.2, 0.25) is 0 Å². The van der Waals surface area contributed by atoms with Crippen molar-refractivity contribution in [1.82, 2.24) is 5.32 Å². The van der Waals surface area contributed by atoms with Crippen LogP contribution >= 0.6 is 0 Å². The van der Waals surface area contributed by atoms with Crippen LogP contribution in [0.4, 0.5) is 27.5 Å². The maximum absolute atomic E-state index is 13.5. The first-order valence-corrected chi connectivity index (χ1v) is 15.4. The van der Waals surface area contributed by atoms with E-state index in [-0.39, 0.29) is 29.8 Å². The predicted octanol–water partition coefficient (Wildman–Crippen LogP) is 7.44. The van der Waals surface area contributed by atoms with Gasteiger partial charge in [0.05, 0.1) is 18.4 Å². The molecule has 3 aromatic rings. The highest BCUT2D eigenvalue weighted by Gasteiger charge is 2.24. The van der Waals surface area contributed by atoms with Gasteiger partial charge in [-0.25, -0.2) is 4.79 Å². The van der Waals surface area contributed by atoms with Crippen molar-refractivity contribution in [3.63, 3.8) is 0 Å². The molecule has 4 rings (SSSR count). The molecule has 0 radical (unpaired) electrons. The molecule has 1 saturated heterocycles. The fraction of sp³-hybridized carbons (Fsp3) is 0.429. The Morgan fingerprint density at radius 3 is 1.98 bits per heavy atom. The zero-order chi connectivity index (χ0) is 31.1. The molecule has 1 fully saturated rings. The molecule has 1 unspecified atom stereocenters. The fourth-order valence-corrected chi connectivity index (χ4v) is 5.53. The molecule has 0 spiro atoms. The zero-order valence-corrected chi connectivity index (χ0v) is 26.7. The summed E-state index contributed by atoms with van der Waals surface area (Å²) in [4.78, 5) is 31.4. The van der Waals surface area contributed by atoms with Crippen LogP contribution < -0.4 is 30.5 Å². The Balaban J connectivity index is 1.56. The lowest BCUT2D eigenvalue weighted by atomic mass is 9.93. The molecule has 0 bridgehead atoms. The summed E-state index contributed by atoms with van der Waals surface area (Å²) in [5.41, 5.74) is 6.09. The van der Waals surface area contributed by atoms with Crippen LogP contribution in [0.1, 0.15) is 81.3 Å². The van der Waals surface area contributed by atoms with Crippen molar-refractivity contribution in [3.8, 4) is 5.75 Å². The van der Waals surface area contributed by atoms with E-state index >= 15 is 0 Å². The number of benzene rings is 3. The topological polar surface area (TPSA) is 85.9 Å². The van der Waals surface area contributed by atoms with Crippen LogP contribution in [-0.4, -0.2) is 51.3 Å². The van der Waals surface area contributed by atoms with Crippen molar-refractivity contribution in [2.45, 2.75) is 65.8 Å². The molecule has 0 aromatic heterocycles. The molecule has 230 valence electrons. The predicted molar refractivity (Wildman–Crippen MR) is 178 cm³/mol. The molecule has 8 nitrogen and oxygen atoms in total. The molecular formula is C35H47N5O3. The first-order chi connectivity index (χ1) is 20.6. The van der Waals surface area contributed by atoms with E-state index in [9.17, 15) is 9.59 Å². The summed E-state index contributed by atoms with van der Waals surface area (Å²) in [5.74, 6) is 1.22. The summed E-state index contributed by atoms with van der Waals surface area (Å²) in [6.45, 7) is 15.6. The number of anilines is 4. The number of carbonyl (C=O) groups is 2. The Morgan fingerprint density at radius 1 is 0.791 bits per heavy atom. The highest BCUT2D eigenvalue weighted by molar-refractivity contribution is 6.04. The molecule has 43 heavy (non-hydrogen) atoms. The number of nitrogens with zero attached hydrogens (tertiary/aromatic N) is 2. The Labute approximate surface area is 256 Å². The number of amides is 3. The summed E-state index contributed by atoms with van der Waals surface area (Å²) in [5, 5.41) is 9.21. The largest absolute Gasteiger partial charge is 0.495 e. The van der Waals surface area contributed by atoms with E-state index < -0.39 is 0 Å². The van der Waals surface area contributed by atoms with Crippen molar-refractivity contribution in [3.05, 3.63) is 77.4 Å². The first-order valence-electron chi connectivity index (χ1n) is 15.4. The number of urea groups is 1. The van der Waals surface area contributed by atoms with Crippen molar-refractivity contribution in [2.75, 3.05) is 53.7 Å². The van der Waals surface area contributed by atoms with Gasteiger partial charge in [-0.3, -0.25) is 4.79 Å². The molecule has 0 saturated carbocycles. The average molecular weight is 586 g/mol. The smallest absolute Gasteiger partial charge is 0.323 e. The van der Waals surface area contributed by atoms with Crippen molar-refractivity contribution in [1.29, 1.82) is 0 Å². The Hall–Kier alpha value is -4.20. The summed E-state index contributed by atoms with van der Waals surface area (Å²) in [6.07, 6.45) is 0.826. The van der Waals surface area contributed by atoms with E-state index in [4.69, 9.17) is 4.74 Å². The molecule has 8 heteroatoms. The van der Waals surface area contributed by atoms with Crippen LogP contribution in [0.3, 0.4) is 0 Å². The summed E-state index contributed by atoms with van der Waals surface area (Å²) >= 11 is 0. The number of para-hydroxylation sites is 3. The SMILES string of the molecule is CCC(C)NC(=O)c1cc(NC(=O)Nc2c(C(C)C)cccc2C(C)C)ccc1N1CCN(c2ccccc2OC)CC1. The molecule has 1 aliphatic heterocycles. The number of nitrogens with one attached hydrogen (secondary N) is 3. The first kappa shape index (κ1) is 31.7. The molecule has 1 aliphatic rings. The lowest BCUT2D eigenvalue weighted by Crippen LogP contribution is -2.47. The van der Waals surface area contributed by atoms with E-state index in [0.29, 0.717) is 11.3 Å². The molecule has 3 aromatic carbocycles. The zero-order valence-electron chi connectivity index (χ0n) is 26.7. The number of methoxy groups -OCH3 is 1. The molecule has 1 heterocycles. The van der Waals surface area contributed by atoms with Crippen molar-refractivity contribution in [2.24, 2.45) is 0 Å². The van der Waals surface area contributed by atoms with Gasteiger partial charge in [0, 0.05) is 49.3 Å². The van der Waals surface area contributed by atoms with Crippen LogP contribution in [0.25, 0.3) is 0 Å². The second-order valence-corrected chi connectivity index (χ2v) is 11.9. The number of hydrogen-bond donors (Lipinski definition) is 3. The van der Waals surface area contributed by atoms with Gasteiger partial charge in [-0.1, -0.05) is 65.0 Å². The van der Waals surface area contributed by atoms with E-state index in [1.165, 1.54) is 0 Å². The monoisotopic (exact) mass is 585 g/mol. The molecule has 0 aliphatic carbocycles. The lowest BCUT2D eigenvalue weighted by Gasteiger charge is -2.38. The van der Waals surface area contributed by atoms with Gasteiger partial charge >= 0.3 is 6.03 Å². The number of piperazine rings is 1. The van der Waals surface area contributed by atoms with Gasteiger partial charge in [-0.2, -0.15) is 0 Å². The van der Waals surface area contributed by atoms with E-state index in [2.05, 4.69) is 71.6 Å². The van der Waals surface area contributed by atoms with Crippen molar-refractivity contribution < 1.29 is 14.3 Å². The third-order valence-corrected chi connectivity index (χ3v) is 8.15. The normalized spacial score (nSPS) is 14.1. The molecule has 1 atom stereocenters. The third-order valence-electron chi connectivity index (χ3n) is 8.15. The number of carbonyl (C=O) groups excluding carboxylic acids is 2. The van der Waals surface area contributed by atoms with Gasteiger partial charge < -0.3 is 30.5 Å². The highest BCUT2D eigenvalue weighted by atomic mass is 16.5.